The molecule has 0 aromatic heterocycles. The first kappa shape index (κ1) is 51.2. The van der Waals surface area contributed by atoms with Crippen molar-refractivity contribution in [3.63, 3.8) is 0 Å². The Morgan fingerprint density at radius 3 is 2.20 bits per heavy atom. The van der Waals surface area contributed by atoms with Crippen LogP contribution in [0.3, 0.4) is 0 Å². The first-order chi connectivity index (χ1) is 37.1. The number of allylic oxidation sites excluding steroid dienone is 20. The first-order valence-electron chi connectivity index (χ1n) is 27.5. The second-order valence-corrected chi connectivity index (χ2v) is 21.3. The number of fused-ring (bicyclic) bond motifs is 3. The number of thioether (sulfide) groups is 1. The van der Waals surface area contributed by atoms with Crippen LogP contribution in [0.15, 0.2) is 258 Å². The molecule has 2 heteroatoms. The van der Waals surface area contributed by atoms with E-state index in [0.29, 0.717) is 0 Å². The van der Waals surface area contributed by atoms with Crippen LogP contribution < -0.4 is 0 Å². The van der Waals surface area contributed by atoms with Gasteiger partial charge in [-0.15, -0.1) is 24.6 Å². The molecule has 5 aromatic rings. The normalized spacial score (nSPS) is 22.9. The van der Waals surface area contributed by atoms with Crippen LogP contribution in [-0.4, -0.2) is 11.4 Å². The molecule has 4 atom stereocenters. The maximum absolute atomic E-state index is 7.02. The molecule has 0 saturated heterocycles. The zero-order chi connectivity index (χ0) is 51.6. The molecule has 374 valence electrons. The molecule has 5 aromatic carbocycles. The van der Waals surface area contributed by atoms with Gasteiger partial charge in [0.15, 0.2) is 0 Å². The van der Waals surface area contributed by atoms with Crippen LogP contribution in [0.5, 0.6) is 0 Å². The number of ether oxygens (including phenoxy) is 1. The van der Waals surface area contributed by atoms with Crippen LogP contribution in [0.2, 0.25) is 0 Å². The van der Waals surface area contributed by atoms with E-state index < -0.39 is 5.41 Å². The number of terminal acetylenes is 1. The van der Waals surface area contributed by atoms with E-state index in [1.807, 2.05) is 25.6 Å². The fourth-order valence-corrected chi connectivity index (χ4v) is 13.6. The average Bonchev–Trinajstić information content (AvgIpc) is 4.08. The summed E-state index contributed by atoms with van der Waals surface area (Å²) in [5.74, 6) is 1.35. The maximum Gasteiger partial charge on any atom is 0.134 e. The van der Waals surface area contributed by atoms with Gasteiger partial charge in [0.25, 0.3) is 0 Å². The van der Waals surface area contributed by atoms with Gasteiger partial charge in [0.1, 0.15) is 11.9 Å². The Morgan fingerprint density at radius 1 is 0.693 bits per heavy atom. The summed E-state index contributed by atoms with van der Waals surface area (Å²) in [6.45, 7) is 6.13. The molecule has 0 N–H and O–H groups in total. The summed E-state index contributed by atoms with van der Waals surface area (Å²) in [5, 5.41) is 0.194. The van der Waals surface area contributed by atoms with Crippen molar-refractivity contribution < 1.29 is 4.74 Å². The van der Waals surface area contributed by atoms with E-state index in [2.05, 4.69) is 244 Å². The molecule has 12 rings (SSSR count). The average molecular weight is 995 g/mol. The van der Waals surface area contributed by atoms with Gasteiger partial charge in [-0.05, 0) is 143 Å². The molecule has 0 fully saturated rings. The largest absolute Gasteiger partial charge is 0.488 e. The van der Waals surface area contributed by atoms with Crippen molar-refractivity contribution in [3.8, 4) is 12.8 Å². The summed E-state index contributed by atoms with van der Waals surface area (Å²) in [6.07, 6.45) is 55.5. The molecule has 1 heterocycles. The molecule has 0 radical (unpaired) electrons. The predicted molar refractivity (Wildman–Crippen MR) is 321 cm³/mol. The highest BCUT2D eigenvalue weighted by molar-refractivity contribution is 8.00. The second-order valence-electron chi connectivity index (χ2n) is 20.1. The molecule has 0 amide bonds. The summed E-state index contributed by atoms with van der Waals surface area (Å²) in [7, 11) is 0. The third-order valence-electron chi connectivity index (χ3n) is 15.9. The molecular weight excluding hydrogens is 925 g/mol. The monoisotopic (exact) mass is 995 g/mol. The minimum absolute atomic E-state index is 0.0440. The Kier molecular flexibility index (Phi) is 16.3. The van der Waals surface area contributed by atoms with E-state index >= 15 is 0 Å². The van der Waals surface area contributed by atoms with Crippen LogP contribution in [0.25, 0.3) is 16.7 Å². The fourth-order valence-electron chi connectivity index (χ4n) is 12.4. The Morgan fingerprint density at radius 2 is 1.43 bits per heavy atom. The van der Waals surface area contributed by atoms with Crippen LogP contribution in [0.1, 0.15) is 135 Å². The van der Waals surface area contributed by atoms with E-state index in [0.717, 1.165) is 57.1 Å². The maximum atomic E-state index is 7.02. The van der Waals surface area contributed by atoms with Crippen LogP contribution in [-0.2, 0) is 10.2 Å². The van der Waals surface area contributed by atoms with E-state index in [-0.39, 0.29) is 23.2 Å². The molecule has 0 bridgehead atoms. The van der Waals surface area contributed by atoms with Crippen LogP contribution in [0, 0.1) is 12.8 Å². The summed E-state index contributed by atoms with van der Waals surface area (Å²) in [5.41, 5.74) is 20.1. The molecule has 1 nitrogen and oxygen atoms in total. The van der Waals surface area contributed by atoms with E-state index in [1.54, 1.807) is 5.57 Å². The third kappa shape index (κ3) is 10.4. The van der Waals surface area contributed by atoms with Crippen molar-refractivity contribution >= 4 is 28.5 Å². The summed E-state index contributed by atoms with van der Waals surface area (Å²) in [4.78, 5) is 1.28. The Balaban J connectivity index is 0.00000157. The van der Waals surface area contributed by atoms with Crippen molar-refractivity contribution in [2.45, 2.75) is 112 Å². The van der Waals surface area contributed by atoms with E-state index in [4.69, 9.17) is 4.74 Å². The summed E-state index contributed by atoms with van der Waals surface area (Å²) < 4.78 is 7.02. The molecule has 6 aliphatic carbocycles. The lowest BCUT2D eigenvalue weighted by atomic mass is 9.70. The third-order valence-corrected chi connectivity index (χ3v) is 17.2. The van der Waals surface area contributed by atoms with Crippen molar-refractivity contribution in [1.29, 1.82) is 0 Å². The van der Waals surface area contributed by atoms with Gasteiger partial charge in [0.2, 0.25) is 0 Å². The van der Waals surface area contributed by atoms with Gasteiger partial charge in [0.05, 0.1) is 5.41 Å². The quantitative estimate of drug-likeness (QED) is 0.0963. The van der Waals surface area contributed by atoms with Gasteiger partial charge < -0.3 is 4.74 Å². The molecule has 75 heavy (non-hydrogen) atoms. The molecule has 1 aliphatic heterocycles. The number of hydrogen-bond donors (Lipinski definition) is 0. The van der Waals surface area contributed by atoms with Crippen molar-refractivity contribution in [1.82, 2.24) is 0 Å². The predicted octanol–water partition coefficient (Wildman–Crippen LogP) is 19.3. The van der Waals surface area contributed by atoms with E-state index in [9.17, 15) is 0 Å². The lowest BCUT2D eigenvalue weighted by molar-refractivity contribution is 0.145. The van der Waals surface area contributed by atoms with Gasteiger partial charge in [-0.25, -0.2) is 0 Å². The number of hydrogen-bond acceptors (Lipinski definition) is 2. The Bertz CT molecular complexity index is 3240. The van der Waals surface area contributed by atoms with Gasteiger partial charge in [-0.1, -0.05) is 226 Å². The number of benzene rings is 5. The second kappa shape index (κ2) is 23.9. The molecule has 7 aliphatic rings. The van der Waals surface area contributed by atoms with Crippen LogP contribution >= 0.6 is 11.8 Å². The number of rotatable bonds is 11. The zero-order valence-electron chi connectivity index (χ0n) is 44.0. The highest BCUT2D eigenvalue weighted by atomic mass is 32.2. The highest BCUT2D eigenvalue weighted by Gasteiger charge is 2.42. The minimum Gasteiger partial charge on any atom is -0.488 e. The topological polar surface area (TPSA) is 9.23 Å². The summed E-state index contributed by atoms with van der Waals surface area (Å²) >= 11 is 1.97. The smallest absolute Gasteiger partial charge is 0.134 e. The van der Waals surface area contributed by atoms with Crippen molar-refractivity contribution in [3.05, 3.63) is 297 Å². The van der Waals surface area contributed by atoms with Gasteiger partial charge in [0, 0.05) is 39.5 Å². The lowest BCUT2D eigenvalue weighted by Gasteiger charge is -2.33. The van der Waals surface area contributed by atoms with Crippen LogP contribution in [0.4, 0.5) is 0 Å². The molecule has 4 unspecified atom stereocenters. The van der Waals surface area contributed by atoms with Gasteiger partial charge in [-0.3, -0.25) is 0 Å². The SMILES string of the molecule is C#C.C/C=C\CCC1=CC(c2ccccc2)(c2ccccc2)c2cc(C3C=C(c4ccc(/C5=C/C=C\CC6=C(C=CCC6)CC5)c(C5C=CC=C6C7=C(CCC=C7)OC65)c4)C=CC3Sc3ccccc3)ccc21.CC. The van der Waals surface area contributed by atoms with Gasteiger partial charge in [-0.2, -0.15) is 0 Å². The minimum atomic E-state index is -0.415. The molecular formula is C73H70OS. The zero-order valence-corrected chi connectivity index (χ0v) is 44.8. The Hall–Kier alpha value is -7.31. The van der Waals surface area contributed by atoms with Gasteiger partial charge >= 0.3 is 0 Å². The summed E-state index contributed by atoms with van der Waals surface area (Å²) in [6, 6.07) is 48.3. The molecule has 0 spiro atoms. The fraction of sp³-hybridized carbons (Fsp3) is 0.233. The standard InChI is InChI=1S/C69H62OS.C2H6.C2H2/c1-2-3-7-25-54-47-69(55-26-8-4-9-27-55,56-28-10-5-11-29-56)65-46-53(39-42-59(54)65)63-44-52(40-43-67(63)71-57-30-12-6-13-31-57)51-38-41-58(50-24-17-16-22-48-21-14-15-23-49(48)36-37-50)64(45-51)62-34-20-33-61-60-32-18-19-35-66(60)70-68(61)62;2*1-2/h2-6,8-13,15-18,20,23-24,26-34,38-47,62-63,67-68H,7,14,19,21-22,25,35-37H2,1H3;1-2H3;1-2H/b3-2-,17-16-,50-24+;;. The van der Waals surface area contributed by atoms with Crippen molar-refractivity contribution in [2.75, 3.05) is 0 Å². The first-order valence-corrected chi connectivity index (χ1v) is 28.4. The molecule has 0 saturated carbocycles. The highest BCUT2D eigenvalue weighted by Crippen LogP contribution is 2.53. The van der Waals surface area contributed by atoms with Crippen molar-refractivity contribution in [2.24, 2.45) is 0 Å². The Labute approximate surface area is 452 Å². The van der Waals surface area contributed by atoms with E-state index in [1.165, 1.54) is 89.3 Å². The lowest BCUT2D eigenvalue weighted by Crippen LogP contribution is -2.26.